The topological polar surface area (TPSA) is 91.1 Å². The molecule has 8 heteroatoms. The minimum Gasteiger partial charge on any atom is -0.447 e. The fourth-order valence-electron chi connectivity index (χ4n) is 2.98. The molecular weight excluding hydrogens is 348 g/mol. The van der Waals surface area contributed by atoms with Crippen molar-refractivity contribution in [1.29, 1.82) is 0 Å². The molecule has 0 saturated carbocycles. The number of carbonyl (C=O) groups excluding carboxylic acids is 1. The molecule has 1 unspecified atom stereocenters. The molecule has 154 valence electrons. The van der Waals surface area contributed by atoms with Gasteiger partial charge in [0.05, 0.1) is 19.3 Å². The zero-order valence-electron chi connectivity index (χ0n) is 16.8. The molecule has 27 heavy (non-hydrogen) atoms. The summed E-state index contributed by atoms with van der Waals surface area (Å²) in [4.78, 5) is 20.9. The highest BCUT2D eigenvalue weighted by atomic mass is 16.5. The summed E-state index contributed by atoms with van der Waals surface area (Å²) >= 11 is 0. The molecule has 0 aliphatic carbocycles. The van der Waals surface area contributed by atoms with E-state index in [0.717, 1.165) is 32.6 Å². The van der Waals surface area contributed by atoms with Gasteiger partial charge in [-0.1, -0.05) is 13.8 Å². The van der Waals surface area contributed by atoms with E-state index in [1.54, 1.807) is 0 Å². The number of amides is 1. The number of rotatable bonds is 11. The van der Waals surface area contributed by atoms with Gasteiger partial charge in [-0.25, -0.2) is 4.98 Å². The highest BCUT2D eigenvalue weighted by Gasteiger charge is 2.21. The molecule has 8 nitrogen and oxygen atoms in total. The Kier molecular flexibility index (Phi) is 9.20. The van der Waals surface area contributed by atoms with E-state index in [4.69, 9.17) is 9.15 Å². The number of aliphatic hydroxyl groups is 1. The van der Waals surface area contributed by atoms with Crippen LogP contribution in [0.2, 0.25) is 0 Å². The molecule has 1 amide bonds. The van der Waals surface area contributed by atoms with Crippen molar-refractivity contribution in [3.63, 3.8) is 0 Å². The Morgan fingerprint density at radius 3 is 2.70 bits per heavy atom. The van der Waals surface area contributed by atoms with Gasteiger partial charge in [0.2, 0.25) is 5.89 Å². The molecule has 0 spiro atoms. The van der Waals surface area contributed by atoms with Crippen LogP contribution in [0.4, 0.5) is 0 Å². The number of nitrogens with zero attached hydrogens (tertiary/aromatic N) is 3. The van der Waals surface area contributed by atoms with E-state index in [2.05, 4.69) is 33.9 Å². The predicted molar refractivity (Wildman–Crippen MR) is 103 cm³/mol. The lowest BCUT2D eigenvalue weighted by atomic mass is 10.1. The van der Waals surface area contributed by atoms with Crippen LogP contribution >= 0.6 is 0 Å². The Hall–Kier alpha value is -1.48. The number of β-amino-alcohol motifs (C(OH)–C–C–N with tert-alkyl or cyclic N) is 1. The van der Waals surface area contributed by atoms with Crippen LogP contribution in [0, 0.1) is 5.92 Å². The van der Waals surface area contributed by atoms with Crippen LogP contribution in [0.15, 0.2) is 10.7 Å². The van der Waals surface area contributed by atoms with Crippen molar-refractivity contribution in [2.45, 2.75) is 39.8 Å². The quantitative estimate of drug-likeness (QED) is 0.589. The molecule has 1 aliphatic heterocycles. The molecule has 0 bridgehead atoms. The maximum Gasteiger partial charge on any atom is 0.273 e. The zero-order valence-corrected chi connectivity index (χ0v) is 16.8. The highest BCUT2D eigenvalue weighted by molar-refractivity contribution is 5.91. The lowest BCUT2D eigenvalue weighted by Gasteiger charge is -2.34. The summed E-state index contributed by atoms with van der Waals surface area (Å²) in [5.74, 6) is 0.935. The Morgan fingerprint density at radius 1 is 1.33 bits per heavy atom. The van der Waals surface area contributed by atoms with Crippen molar-refractivity contribution in [3.05, 3.63) is 17.8 Å². The summed E-state index contributed by atoms with van der Waals surface area (Å²) in [5.41, 5.74) is 0.339. The largest absolute Gasteiger partial charge is 0.447 e. The Morgan fingerprint density at radius 2 is 2.04 bits per heavy atom. The molecule has 2 rings (SSSR count). The maximum atomic E-state index is 12.1. The number of aliphatic hydroxyl groups excluding tert-OH is 1. The van der Waals surface area contributed by atoms with Gasteiger partial charge in [-0.15, -0.1) is 0 Å². The lowest BCUT2D eigenvalue weighted by Crippen LogP contribution is -2.48. The number of hydrogen-bond acceptors (Lipinski definition) is 7. The monoisotopic (exact) mass is 382 g/mol. The minimum absolute atomic E-state index is 0.182. The van der Waals surface area contributed by atoms with Crippen LogP contribution in [0.25, 0.3) is 0 Å². The fourth-order valence-corrected chi connectivity index (χ4v) is 2.98. The standard InChI is InChI=1S/C19H34N4O4/c1-4-26-13-16(24)11-22-7-9-23(10-8-22)12-18-21-17(14-27-18)19(25)20-6-5-15(2)3/h14-16,24H,4-13H2,1-3H3,(H,20,25). The normalized spacial score (nSPS) is 17.4. The highest BCUT2D eigenvalue weighted by Crippen LogP contribution is 2.10. The molecule has 1 aromatic rings. The lowest BCUT2D eigenvalue weighted by molar-refractivity contribution is 0.00949. The third-order valence-electron chi connectivity index (χ3n) is 4.60. The summed E-state index contributed by atoms with van der Waals surface area (Å²) in [6, 6.07) is 0. The number of hydrogen-bond donors (Lipinski definition) is 2. The molecule has 0 radical (unpaired) electrons. The third-order valence-corrected chi connectivity index (χ3v) is 4.60. The average Bonchev–Trinajstić information content (AvgIpc) is 3.10. The van der Waals surface area contributed by atoms with Gasteiger partial charge in [0.1, 0.15) is 6.26 Å². The van der Waals surface area contributed by atoms with Gasteiger partial charge in [-0.3, -0.25) is 14.6 Å². The van der Waals surface area contributed by atoms with Crippen LogP contribution in [0.5, 0.6) is 0 Å². The van der Waals surface area contributed by atoms with Gasteiger partial charge >= 0.3 is 0 Å². The van der Waals surface area contributed by atoms with Crippen molar-refractivity contribution < 1.29 is 19.1 Å². The van der Waals surface area contributed by atoms with Crippen molar-refractivity contribution in [2.24, 2.45) is 5.92 Å². The van der Waals surface area contributed by atoms with Crippen LogP contribution < -0.4 is 5.32 Å². The summed E-state index contributed by atoms with van der Waals surface area (Å²) in [5, 5.41) is 12.8. The second-order valence-electron chi connectivity index (χ2n) is 7.45. The summed E-state index contributed by atoms with van der Waals surface area (Å²) in [6.45, 7) is 12.6. The van der Waals surface area contributed by atoms with E-state index in [-0.39, 0.29) is 5.91 Å². The van der Waals surface area contributed by atoms with Crippen LogP contribution in [0.1, 0.15) is 43.6 Å². The average molecular weight is 383 g/mol. The van der Waals surface area contributed by atoms with E-state index < -0.39 is 6.10 Å². The molecule has 2 heterocycles. The number of aromatic nitrogens is 1. The summed E-state index contributed by atoms with van der Waals surface area (Å²) in [6.07, 6.45) is 1.93. The van der Waals surface area contributed by atoms with Crippen molar-refractivity contribution in [3.8, 4) is 0 Å². The fraction of sp³-hybridized carbons (Fsp3) is 0.789. The summed E-state index contributed by atoms with van der Waals surface area (Å²) < 4.78 is 10.7. The van der Waals surface area contributed by atoms with Gasteiger partial charge < -0.3 is 19.6 Å². The van der Waals surface area contributed by atoms with E-state index in [0.29, 0.717) is 50.4 Å². The first-order valence-electron chi connectivity index (χ1n) is 9.91. The molecule has 0 aromatic carbocycles. The molecule has 1 aliphatic rings. The first-order valence-corrected chi connectivity index (χ1v) is 9.91. The summed E-state index contributed by atoms with van der Waals surface area (Å²) in [7, 11) is 0. The molecule has 1 fully saturated rings. The number of piperazine rings is 1. The van der Waals surface area contributed by atoms with Gasteiger partial charge in [0, 0.05) is 45.9 Å². The SMILES string of the molecule is CCOCC(O)CN1CCN(Cc2nc(C(=O)NCCC(C)C)co2)CC1. The van der Waals surface area contributed by atoms with E-state index in [9.17, 15) is 9.90 Å². The Bertz CT molecular complexity index is 556. The van der Waals surface area contributed by atoms with Crippen LogP contribution in [-0.2, 0) is 11.3 Å². The van der Waals surface area contributed by atoms with Gasteiger partial charge in [0.25, 0.3) is 5.91 Å². The van der Waals surface area contributed by atoms with E-state index in [1.807, 2.05) is 6.92 Å². The first-order chi connectivity index (χ1) is 13.0. The van der Waals surface area contributed by atoms with Crippen molar-refractivity contribution in [1.82, 2.24) is 20.1 Å². The van der Waals surface area contributed by atoms with Crippen LogP contribution in [-0.4, -0.2) is 84.4 Å². The van der Waals surface area contributed by atoms with Crippen LogP contribution in [0.3, 0.4) is 0 Å². The smallest absolute Gasteiger partial charge is 0.273 e. The molecule has 1 atom stereocenters. The maximum absolute atomic E-state index is 12.1. The molecule has 2 N–H and O–H groups in total. The second kappa shape index (κ2) is 11.4. The Labute approximate surface area is 161 Å². The van der Waals surface area contributed by atoms with Gasteiger partial charge in [0.15, 0.2) is 5.69 Å². The third kappa shape index (κ3) is 7.96. The molecule has 1 saturated heterocycles. The van der Waals surface area contributed by atoms with Gasteiger partial charge in [-0.05, 0) is 19.3 Å². The number of nitrogens with one attached hydrogen (secondary N) is 1. The van der Waals surface area contributed by atoms with Crippen molar-refractivity contribution >= 4 is 5.91 Å². The molecular formula is C19H34N4O4. The number of oxazole rings is 1. The number of carbonyl (C=O) groups is 1. The van der Waals surface area contributed by atoms with E-state index in [1.165, 1.54) is 6.26 Å². The zero-order chi connectivity index (χ0) is 19.6. The van der Waals surface area contributed by atoms with Gasteiger partial charge in [-0.2, -0.15) is 0 Å². The van der Waals surface area contributed by atoms with Crippen molar-refractivity contribution in [2.75, 3.05) is 52.5 Å². The first kappa shape index (κ1) is 21.8. The second-order valence-corrected chi connectivity index (χ2v) is 7.45. The Balaban J connectivity index is 1.70. The predicted octanol–water partition coefficient (Wildman–Crippen LogP) is 0.966. The molecule has 1 aromatic heterocycles. The number of ether oxygens (including phenoxy) is 1. The van der Waals surface area contributed by atoms with E-state index >= 15 is 0 Å². The minimum atomic E-state index is -0.444.